The van der Waals surface area contributed by atoms with Gasteiger partial charge >= 0.3 is 5.76 Å². The molecular formula is C12H8N4O2. The Balaban J connectivity index is 2.10. The normalized spacial score (nSPS) is 10.4. The highest BCUT2D eigenvalue weighted by atomic mass is 16.4. The first kappa shape index (κ1) is 10.4. The first-order chi connectivity index (χ1) is 8.84. The molecule has 0 bridgehead atoms. The quantitative estimate of drug-likeness (QED) is 0.674. The third-order valence-electron chi connectivity index (χ3n) is 2.31. The fraction of sp³-hybridized carbons (Fsp3) is 0. The summed E-state index contributed by atoms with van der Waals surface area (Å²) in [5, 5.41) is 4.06. The van der Waals surface area contributed by atoms with Gasteiger partial charge in [-0.15, -0.1) is 9.78 Å². The monoisotopic (exact) mass is 240 g/mol. The summed E-state index contributed by atoms with van der Waals surface area (Å²) in [6.45, 7) is 0. The molecule has 0 atom stereocenters. The van der Waals surface area contributed by atoms with Gasteiger partial charge in [0.1, 0.15) is 0 Å². The van der Waals surface area contributed by atoms with Crippen molar-refractivity contribution in [3.63, 3.8) is 0 Å². The van der Waals surface area contributed by atoms with Crippen LogP contribution in [0, 0.1) is 0 Å². The van der Waals surface area contributed by atoms with E-state index in [1.807, 2.05) is 30.3 Å². The number of benzene rings is 1. The molecule has 6 nitrogen and oxygen atoms in total. The molecule has 88 valence electrons. The highest BCUT2D eigenvalue weighted by Gasteiger charge is 2.12. The van der Waals surface area contributed by atoms with E-state index in [1.165, 1.54) is 12.4 Å². The van der Waals surface area contributed by atoms with Gasteiger partial charge in [0, 0.05) is 18.0 Å². The number of rotatable bonds is 2. The molecule has 0 unspecified atom stereocenters. The van der Waals surface area contributed by atoms with Gasteiger partial charge in [-0.3, -0.25) is 0 Å². The van der Waals surface area contributed by atoms with Crippen molar-refractivity contribution >= 4 is 0 Å². The lowest BCUT2D eigenvalue weighted by atomic mass is 10.2. The number of hydrogen-bond donors (Lipinski definition) is 0. The lowest BCUT2D eigenvalue weighted by Gasteiger charge is -1.93. The molecule has 0 aliphatic heterocycles. The van der Waals surface area contributed by atoms with Crippen molar-refractivity contribution in [2.45, 2.75) is 0 Å². The van der Waals surface area contributed by atoms with E-state index in [9.17, 15) is 4.79 Å². The van der Waals surface area contributed by atoms with Gasteiger partial charge in [-0.2, -0.15) is 0 Å². The van der Waals surface area contributed by atoms with Gasteiger partial charge in [-0.1, -0.05) is 18.2 Å². The van der Waals surface area contributed by atoms with Crippen LogP contribution in [0.15, 0.2) is 58.0 Å². The third-order valence-corrected chi connectivity index (χ3v) is 2.31. The standard InChI is InChI=1S/C12H8N4O2/c17-12-16(11-13-7-4-8-14-11)15-10(18-12)9-5-2-1-3-6-9/h1-8H. The van der Waals surface area contributed by atoms with Gasteiger partial charge in [0.2, 0.25) is 5.89 Å². The number of aromatic nitrogens is 4. The first-order valence-corrected chi connectivity index (χ1v) is 5.27. The molecule has 0 fully saturated rings. The maximum atomic E-state index is 11.7. The molecule has 0 radical (unpaired) electrons. The third kappa shape index (κ3) is 1.80. The van der Waals surface area contributed by atoms with Crippen LogP contribution in [0.1, 0.15) is 0 Å². The van der Waals surface area contributed by atoms with Crippen LogP contribution in [0.3, 0.4) is 0 Å². The molecule has 0 N–H and O–H groups in total. The molecule has 3 rings (SSSR count). The summed E-state index contributed by atoms with van der Waals surface area (Å²) < 4.78 is 6.10. The van der Waals surface area contributed by atoms with Gasteiger partial charge in [0.25, 0.3) is 5.95 Å². The summed E-state index contributed by atoms with van der Waals surface area (Å²) in [5.74, 6) is -0.179. The fourth-order valence-corrected chi connectivity index (χ4v) is 1.50. The molecular weight excluding hydrogens is 232 g/mol. The summed E-state index contributed by atoms with van der Waals surface area (Å²) in [6, 6.07) is 10.8. The Hall–Kier alpha value is -2.76. The van der Waals surface area contributed by atoms with Crippen molar-refractivity contribution in [2.24, 2.45) is 0 Å². The van der Waals surface area contributed by atoms with E-state index in [-0.39, 0.29) is 11.8 Å². The summed E-state index contributed by atoms with van der Waals surface area (Å²) in [6.07, 6.45) is 3.07. The van der Waals surface area contributed by atoms with Crippen LogP contribution >= 0.6 is 0 Å². The average molecular weight is 240 g/mol. The Morgan fingerprint density at radius 2 is 1.72 bits per heavy atom. The van der Waals surface area contributed by atoms with E-state index in [1.54, 1.807) is 6.07 Å². The summed E-state index contributed by atoms with van der Waals surface area (Å²) in [5.41, 5.74) is 0.726. The van der Waals surface area contributed by atoms with E-state index in [2.05, 4.69) is 15.1 Å². The molecule has 1 aromatic carbocycles. The second-order valence-electron chi connectivity index (χ2n) is 3.50. The van der Waals surface area contributed by atoms with E-state index in [0.717, 1.165) is 10.2 Å². The Morgan fingerprint density at radius 3 is 2.44 bits per heavy atom. The maximum Gasteiger partial charge on any atom is 0.445 e. The predicted octanol–water partition coefficient (Wildman–Crippen LogP) is 1.28. The molecule has 2 aromatic heterocycles. The van der Waals surface area contributed by atoms with E-state index in [4.69, 9.17) is 4.42 Å². The molecule has 6 heteroatoms. The Labute approximate surface area is 102 Å². The SMILES string of the molecule is O=c1oc(-c2ccccc2)nn1-c1ncccn1. The zero-order valence-electron chi connectivity index (χ0n) is 9.22. The minimum absolute atomic E-state index is 0.188. The lowest BCUT2D eigenvalue weighted by Crippen LogP contribution is -2.15. The zero-order chi connectivity index (χ0) is 12.4. The maximum absolute atomic E-state index is 11.7. The highest BCUT2D eigenvalue weighted by Crippen LogP contribution is 2.14. The first-order valence-electron chi connectivity index (χ1n) is 5.27. The highest BCUT2D eigenvalue weighted by molar-refractivity contribution is 5.51. The van der Waals surface area contributed by atoms with Crippen molar-refractivity contribution < 1.29 is 4.42 Å². The molecule has 0 amide bonds. The fourth-order valence-electron chi connectivity index (χ4n) is 1.50. The van der Waals surface area contributed by atoms with E-state index < -0.39 is 5.76 Å². The molecule has 3 aromatic rings. The summed E-state index contributed by atoms with van der Waals surface area (Å²) in [4.78, 5) is 19.6. The van der Waals surface area contributed by atoms with Crippen molar-refractivity contribution in [3.05, 3.63) is 59.3 Å². The second-order valence-corrected chi connectivity index (χ2v) is 3.50. The molecule has 18 heavy (non-hydrogen) atoms. The lowest BCUT2D eigenvalue weighted by molar-refractivity contribution is 0.513. The molecule has 0 aliphatic rings. The van der Waals surface area contributed by atoms with Gasteiger partial charge in [0.15, 0.2) is 0 Å². The van der Waals surface area contributed by atoms with Crippen LogP contribution in [0.25, 0.3) is 17.4 Å². The number of hydrogen-bond acceptors (Lipinski definition) is 5. The molecule has 0 aliphatic carbocycles. The van der Waals surface area contributed by atoms with Crippen LogP contribution in [0.4, 0.5) is 0 Å². The molecule has 0 saturated carbocycles. The number of nitrogens with zero attached hydrogens (tertiary/aromatic N) is 4. The van der Waals surface area contributed by atoms with Gasteiger partial charge < -0.3 is 4.42 Å². The van der Waals surface area contributed by atoms with E-state index >= 15 is 0 Å². The Morgan fingerprint density at radius 1 is 1.00 bits per heavy atom. The average Bonchev–Trinajstić information content (AvgIpc) is 2.83. The van der Waals surface area contributed by atoms with E-state index in [0.29, 0.717) is 0 Å². The minimum Gasteiger partial charge on any atom is -0.387 e. The van der Waals surface area contributed by atoms with Gasteiger partial charge in [-0.25, -0.2) is 14.8 Å². The van der Waals surface area contributed by atoms with Crippen LogP contribution in [0.5, 0.6) is 0 Å². The van der Waals surface area contributed by atoms with Crippen molar-refractivity contribution in [1.29, 1.82) is 0 Å². The zero-order valence-corrected chi connectivity index (χ0v) is 9.22. The summed E-state index contributed by atoms with van der Waals surface area (Å²) >= 11 is 0. The topological polar surface area (TPSA) is 73.8 Å². The van der Waals surface area contributed by atoms with Crippen LogP contribution in [-0.4, -0.2) is 19.7 Å². The second kappa shape index (κ2) is 4.25. The molecule has 0 spiro atoms. The Bertz CT molecular complexity index is 704. The van der Waals surface area contributed by atoms with Crippen LogP contribution in [0.2, 0.25) is 0 Å². The van der Waals surface area contributed by atoms with Crippen molar-refractivity contribution in [1.82, 2.24) is 19.7 Å². The minimum atomic E-state index is -0.611. The van der Waals surface area contributed by atoms with Gasteiger partial charge in [0.05, 0.1) is 0 Å². The Kier molecular flexibility index (Phi) is 2.45. The molecule has 0 saturated heterocycles. The summed E-state index contributed by atoms with van der Waals surface area (Å²) in [7, 11) is 0. The van der Waals surface area contributed by atoms with Crippen LogP contribution < -0.4 is 5.76 Å². The predicted molar refractivity (Wildman–Crippen MR) is 63.1 cm³/mol. The van der Waals surface area contributed by atoms with Crippen LogP contribution in [-0.2, 0) is 0 Å². The largest absolute Gasteiger partial charge is 0.445 e. The molecule has 2 heterocycles. The van der Waals surface area contributed by atoms with Crippen molar-refractivity contribution in [3.8, 4) is 17.4 Å². The smallest absolute Gasteiger partial charge is 0.387 e. The van der Waals surface area contributed by atoms with Gasteiger partial charge in [-0.05, 0) is 18.2 Å². The van der Waals surface area contributed by atoms with Crippen molar-refractivity contribution in [2.75, 3.05) is 0 Å².